The molecule has 2 heteroatoms. The van der Waals surface area contributed by atoms with Crippen molar-refractivity contribution >= 4 is 5.69 Å². The van der Waals surface area contributed by atoms with Crippen molar-refractivity contribution in [3.63, 3.8) is 0 Å². The molecule has 17 heavy (non-hydrogen) atoms. The lowest BCUT2D eigenvalue weighted by Crippen LogP contribution is -2.43. The van der Waals surface area contributed by atoms with Gasteiger partial charge in [-0.3, -0.25) is 0 Å². The summed E-state index contributed by atoms with van der Waals surface area (Å²) in [5, 5.41) is 0. The molecular weight excluding hydrogens is 208 g/mol. The van der Waals surface area contributed by atoms with Crippen molar-refractivity contribution in [2.45, 2.75) is 46.6 Å². The summed E-state index contributed by atoms with van der Waals surface area (Å²) in [6, 6.07) is 4.49. The largest absolute Gasteiger partial charge is 0.369 e. The van der Waals surface area contributed by atoms with Crippen molar-refractivity contribution in [3.8, 4) is 0 Å². The Morgan fingerprint density at radius 1 is 1.12 bits per heavy atom. The summed E-state index contributed by atoms with van der Waals surface area (Å²) in [5.74, 6) is 0. The van der Waals surface area contributed by atoms with Crippen LogP contribution >= 0.6 is 0 Å². The fraction of sp³-hybridized carbons (Fsp3) is 0.600. The van der Waals surface area contributed by atoms with Crippen LogP contribution in [0.15, 0.2) is 12.1 Å². The summed E-state index contributed by atoms with van der Waals surface area (Å²) < 4.78 is 0. The molecule has 0 heterocycles. The molecule has 0 atom stereocenters. The second kappa shape index (κ2) is 5.09. The molecule has 2 nitrogen and oxygen atoms in total. The predicted molar refractivity (Wildman–Crippen MR) is 76.8 cm³/mol. The Bertz CT molecular complexity index is 371. The van der Waals surface area contributed by atoms with Crippen molar-refractivity contribution < 1.29 is 0 Å². The predicted octanol–water partition coefficient (Wildman–Crippen LogP) is 3.18. The van der Waals surface area contributed by atoms with Crippen molar-refractivity contribution in [1.82, 2.24) is 0 Å². The van der Waals surface area contributed by atoms with Crippen molar-refractivity contribution in [2.75, 3.05) is 18.5 Å². The summed E-state index contributed by atoms with van der Waals surface area (Å²) in [4.78, 5) is 2.37. The van der Waals surface area contributed by atoms with Gasteiger partial charge < -0.3 is 10.6 Å². The van der Waals surface area contributed by atoms with Crippen LogP contribution in [0.4, 0.5) is 5.69 Å². The van der Waals surface area contributed by atoms with Gasteiger partial charge in [0.1, 0.15) is 0 Å². The van der Waals surface area contributed by atoms with E-state index >= 15 is 0 Å². The highest BCUT2D eigenvalue weighted by Crippen LogP contribution is 2.31. The lowest BCUT2D eigenvalue weighted by Gasteiger charge is -2.39. The van der Waals surface area contributed by atoms with Crippen LogP contribution in [0, 0.1) is 20.8 Å². The van der Waals surface area contributed by atoms with Crippen LogP contribution in [0.3, 0.4) is 0 Å². The zero-order chi connectivity index (χ0) is 13.2. The van der Waals surface area contributed by atoms with Gasteiger partial charge >= 0.3 is 0 Å². The maximum Gasteiger partial charge on any atom is 0.0427 e. The molecule has 1 rings (SSSR count). The molecule has 0 aliphatic rings. The highest BCUT2D eigenvalue weighted by Gasteiger charge is 2.24. The molecule has 96 valence electrons. The topological polar surface area (TPSA) is 29.3 Å². The Morgan fingerprint density at radius 3 is 2.00 bits per heavy atom. The monoisotopic (exact) mass is 234 g/mol. The second-order valence-corrected chi connectivity index (χ2v) is 5.66. The maximum absolute atomic E-state index is 5.70. The SMILES string of the molecule is Cc1cc(C)c(N(C)C(C)(C)CCN)c(C)c1. The minimum atomic E-state index is 0.0968. The van der Waals surface area contributed by atoms with Crippen molar-refractivity contribution in [2.24, 2.45) is 5.73 Å². The van der Waals surface area contributed by atoms with Gasteiger partial charge in [0.05, 0.1) is 0 Å². The molecule has 0 amide bonds. The molecule has 2 N–H and O–H groups in total. The van der Waals surface area contributed by atoms with Gasteiger partial charge in [0, 0.05) is 18.3 Å². The molecular formula is C15H26N2. The molecule has 0 fully saturated rings. The summed E-state index contributed by atoms with van der Waals surface area (Å²) in [6.45, 7) is 11.7. The smallest absolute Gasteiger partial charge is 0.0427 e. The number of anilines is 1. The molecule has 1 aromatic rings. The van der Waals surface area contributed by atoms with E-state index in [1.54, 1.807) is 0 Å². The fourth-order valence-corrected chi connectivity index (χ4v) is 2.53. The van der Waals surface area contributed by atoms with Gasteiger partial charge in [-0.05, 0) is 58.7 Å². The molecule has 0 bridgehead atoms. The number of aryl methyl sites for hydroxylation is 3. The van der Waals surface area contributed by atoms with E-state index in [-0.39, 0.29) is 5.54 Å². The number of nitrogens with two attached hydrogens (primary N) is 1. The van der Waals surface area contributed by atoms with Crippen LogP contribution in [0.5, 0.6) is 0 Å². The Labute approximate surface area is 106 Å². The Hall–Kier alpha value is -1.02. The van der Waals surface area contributed by atoms with Crippen LogP contribution < -0.4 is 10.6 Å². The van der Waals surface area contributed by atoms with E-state index in [0.29, 0.717) is 0 Å². The molecule has 0 radical (unpaired) electrons. The average Bonchev–Trinajstić information content (AvgIpc) is 2.15. The summed E-state index contributed by atoms with van der Waals surface area (Å²) in [6.07, 6.45) is 0.996. The van der Waals surface area contributed by atoms with Crippen molar-refractivity contribution in [3.05, 3.63) is 28.8 Å². The first-order valence-corrected chi connectivity index (χ1v) is 6.31. The van der Waals surface area contributed by atoms with Crippen LogP contribution in [0.25, 0.3) is 0 Å². The van der Waals surface area contributed by atoms with Crippen molar-refractivity contribution in [1.29, 1.82) is 0 Å². The number of hydrogen-bond acceptors (Lipinski definition) is 2. The Morgan fingerprint density at radius 2 is 1.59 bits per heavy atom. The Balaban J connectivity index is 3.16. The molecule has 0 aromatic heterocycles. The summed E-state index contributed by atoms with van der Waals surface area (Å²) in [5.41, 5.74) is 11.2. The third kappa shape index (κ3) is 3.01. The zero-order valence-electron chi connectivity index (χ0n) is 12.1. The van der Waals surface area contributed by atoms with Crippen LogP contribution in [0.1, 0.15) is 37.0 Å². The normalized spacial score (nSPS) is 11.7. The highest BCUT2D eigenvalue weighted by molar-refractivity contribution is 5.61. The van der Waals surface area contributed by atoms with Gasteiger partial charge in [-0.15, -0.1) is 0 Å². The van der Waals surface area contributed by atoms with E-state index < -0.39 is 0 Å². The van der Waals surface area contributed by atoms with E-state index in [1.165, 1.54) is 22.4 Å². The van der Waals surface area contributed by atoms with Gasteiger partial charge in [0.2, 0.25) is 0 Å². The molecule has 0 unspecified atom stereocenters. The molecule has 0 spiro atoms. The minimum absolute atomic E-state index is 0.0968. The van der Waals surface area contributed by atoms with Crippen LogP contribution in [-0.4, -0.2) is 19.1 Å². The van der Waals surface area contributed by atoms with Crippen LogP contribution in [-0.2, 0) is 0 Å². The van der Waals surface area contributed by atoms with Gasteiger partial charge in [0.15, 0.2) is 0 Å². The summed E-state index contributed by atoms with van der Waals surface area (Å²) >= 11 is 0. The lowest BCUT2D eigenvalue weighted by atomic mass is 9.95. The quantitative estimate of drug-likeness (QED) is 0.867. The van der Waals surface area contributed by atoms with E-state index in [1.807, 2.05) is 0 Å². The zero-order valence-corrected chi connectivity index (χ0v) is 12.1. The lowest BCUT2D eigenvalue weighted by molar-refractivity contribution is 0.455. The molecule has 0 aliphatic heterocycles. The fourth-order valence-electron chi connectivity index (χ4n) is 2.53. The van der Waals surface area contributed by atoms with Gasteiger partial charge in [0.25, 0.3) is 0 Å². The van der Waals surface area contributed by atoms with Gasteiger partial charge in [-0.25, -0.2) is 0 Å². The first-order valence-electron chi connectivity index (χ1n) is 6.31. The standard InChI is InChI=1S/C15H26N2/c1-11-9-12(2)14(13(3)10-11)17(6)15(4,5)7-8-16/h9-10H,7-8,16H2,1-6H3. The molecule has 0 aliphatic carbocycles. The second-order valence-electron chi connectivity index (χ2n) is 5.66. The highest BCUT2D eigenvalue weighted by atomic mass is 15.2. The first-order chi connectivity index (χ1) is 7.79. The first kappa shape index (κ1) is 14.0. The summed E-state index contributed by atoms with van der Waals surface area (Å²) in [7, 11) is 2.17. The average molecular weight is 234 g/mol. The van der Waals surface area contributed by atoms with E-state index in [0.717, 1.165) is 13.0 Å². The Kier molecular flexibility index (Phi) is 4.21. The number of rotatable bonds is 4. The van der Waals surface area contributed by atoms with Gasteiger partial charge in [-0.1, -0.05) is 17.7 Å². The third-order valence-corrected chi connectivity index (χ3v) is 3.63. The van der Waals surface area contributed by atoms with Gasteiger partial charge in [-0.2, -0.15) is 0 Å². The van der Waals surface area contributed by atoms with E-state index in [9.17, 15) is 0 Å². The molecule has 0 saturated carbocycles. The molecule has 1 aromatic carbocycles. The van der Waals surface area contributed by atoms with Crippen LogP contribution in [0.2, 0.25) is 0 Å². The third-order valence-electron chi connectivity index (χ3n) is 3.63. The van der Waals surface area contributed by atoms with E-state index in [4.69, 9.17) is 5.73 Å². The number of hydrogen-bond donors (Lipinski definition) is 1. The number of benzene rings is 1. The molecule has 0 saturated heterocycles. The van der Waals surface area contributed by atoms with E-state index in [2.05, 4.69) is 58.7 Å². The maximum atomic E-state index is 5.70. The number of nitrogens with zero attached hydrogens (tertiary/aromatic N) is 1. The minimum Gasteiger partial charge on any atom is -0.369 e.